The van der Waals surface area contributed by atoms with Gasteiger partial charge in [-0.05, 0) is 38.1 Å². The van der Waals surface area contributed by atoms with Crippen molar-refractivity contribution >= 4 is 5.97 Å². The first kappa shape index (κ1) is 15.8. The maximum Gasteiger partial charge on any atom is 0.326 e. The van der Waals surface area contributed by atoms with Crippen molar-refractivity contribution in [2.45, 2.75) is 51.5 Å². The topological polar surface area (TPSA) is 87.1 Å². The number of esters is 1. The van der Waals surface area contributed by atoms with Crippen LogP contribution in [0.3, 0.4) is 0 Å². The van der Waals surface area contributed by atoms with Gasteiger partial charge in [0.1, 0.15) is 5.54 Å². The zero-order valence-electron chi connectivity index (χ0n) is 11.9. The van der Waals surface area contributed by atoms with Crippen LogP contribution < -0.4 is 5.32 Å². The molecule has 0 heterocycles. The first-order valence-corrected chi connectivity index (χ1v) is 7.08. The van der Waals surface area contributed by atoms with Gasteiger partial charge in [-0.25, -0.2) is 0 Å². The monoisotopic (exact) mass is 268 g/mol. The Morgan fingerprint density at radius 2 is 2.16 bits per heavy atom. The zero-order chi connectivity index (χ0) is 14.1. The summed E-state index contributed by atoms with van der Waals surface area (Å²) in [6.45, 7) is 4.96. The van der Waals surface area contributed by atoms with Crippen molar-refractivity contribution in [1.29, 1.82) is 0 Å². The lowest BCUT2D eigenvalue weighted by molar-refractivity contribution is -0.153. The van der Waals surface area contributed by atoms with Crippen LogP contribution in [0.5, 0.6) is 0 Å². The molecule has 1 rings (SSSR count). The Bertz CT molecular complexity index is 336. The third-order valence-corrected chi connectivity index (χ3v) is 3.89. The van der Waals surface area contributed by atoms with Gasteiger partial charge in [0.15, 0.2) is 0 Å². The average molecular weight is 268 g/mol. The van der Waals surface area contributed by atoms with Gasteiger partial charge in [-0.1, -0.05) is 24.4 Å². The van der Waals surface area contributed by atoms with E-state index in [0.29, 0.717) is 25.6 Å². The Hall–Kier alpha value is -1.26. The average Bonchev–Trinajstić information content (AvgIpc) is 2.44. The molecule has 108 valence electrons. The molecule has 19 heavy (non-hydrogen) atoms. The molecule has 0 aromatic rings. The standard InChI is InChI=1S/C13H24N4O2/c1-3-19-12(18)13(2,15-9-10-16-17-14)11-7-5-4-6-8-11/h11,15H,3-10H2,1-2H3. The predicted molar refractivity (Wildman–Crippen MR) is 73.6 cm³/mol. The summed E-state index contributed by atoms with van der Waals surface area (Å²) >= 11 is 0. The highest BCUT2D eigenvalue weighted by atomic mass is 16.5. The number of hydrogen-bond acceptors (Lipinski definition) is 4. The normalized spacial score (nSPS) is 19.3. The van der Waals surface area contributed by atoms with Crippen LogP contribution in [0, 0.1) is 5.92 Å². The van der Waals surface area contributed by atoms with Gasteiger partial charge in [0, 0.05) is 18.0 Å². The lowest BCUT2D eigenvalue weighted by Crippen LogP contribution is -2.57. The smallest absolute Gasteiger partial charge is 0.326 e. The minimum Gasteiger partial charge on any atom is -0.465 e. The molecule has 0 spiro atoms. The third kappa shape index (κ3) is 4.40. The Balaban J connectivity index is 2.69. The highest BCUT2D eigenvalue weighted by Gasteiger charge is 2.42. The molecule has 1 aliphatic rings. The lowest BCUT2D eigenvalue weighted by Gasteiger charge is -2.38. The predicted octanol–water partition coefficient (Wildman–Crippen LogP) is 2.79. The Kier molecular flexibility index (Phi) is 6.67. The molecule has 1 unspecified atom stereocenters. The number of carbonyl (C=O) groups excluding carboxylic acids is 1. The van der Waals surface area contributed by atoms with Gasteiger partial charge in [0.25, 0.3) is 0 Å². The van der Waals surface area contributed by atoms with Crippen LogP contribution in [-0.4, -0.2) is 31.2 Å². The fourth-order valence-corrected chi connectivity index (χ4v) is 2.75. The largest absolute Gasteiger partial charge is 0.465 e. The van der Waals surface area contributed by atoms with E-state index >= 15 is 0 Å². The molecule has 1 aliphatic carbocycles. The fraction of sp³-hybridized carbons (Fsp3) is 0.923. The van der Waals surface area contributed by atoms with E-state index in [9.17, 15) is 4.79 Å². The molecule has 0 aromatic carbocycles. The summed E-state index contributed by atoms with van der Waals surface area (Å²) in [5.41, 5.74) is 7.61. The van der Waals surface area contributed by atoms with Crippen molar-refractivity contribution < 1.29 is 9.53 Å². The molecule has 0 saturated heterocycles. The SMILES string of the molecule is CCOC(=O)C(C)(NCCN=[N+]=[N-])C1CCCCC1. The summed E-state index contributed by atoms with van der Waals surface area (Å²) in [6, 6.07) is 0. The maximum absolute atomic E-state index is 12.2. The molecule has 1 N–H and O–H groups in total. The van der Waals surface area contributed by atoms with E-state index in [1.165, 1.54) is 6.42 Å². The second-order valence-corrected chi connectivity index (χ2v) is 5.14. The van der Waals surface area contributed by atoms with Gasteiger partial charge in [-0.2, -0.15) is 0 Å². The maximum atomic E-state index is 12.2. The van der Waals surface area contributed by atoms with E-state index < -0.39 is 5.54 Å². The van der Waals surface area contributed by atoms with E-state index in [0.717, 1.165) is 25.7 Å². The van der Waals surface area contributed by atoms with Crippen LogP contribution in [0.25, 0.3) is 10.4 Å². The zero-order valence-corrected chi connectivity index (χ0v) is 11.9. The van der Waals surface area contributed by atoms with Crippen molar-refractivity contribution in [2.75, 3.05) is 19.7 Å². The summed E-state index contributed by atoms with van der Waals surface area (Å²) in [6.07, 6.45) is 5.66. The number of nitrogens with zero attached hydrogens (tertiary/aromatic N) is 3. The van der Waals surface area contributed by atoms with Crippen LogP contribution >= 0.6 is 0 Å². The van der Waals surface area contributed by atoms with Crippen LogP contribution in [-0.2, 0) is 9.53 Å². The van der Waals surface area contributed by atoms with Crippen molar-refractivity contribution in [3.05, 3.63) is 10.4 Å². The molecular weight excluding hydrogens is 244 g/mol. The minimum atomic E-state index is -0.665. The number of rotatable bonds is 7. The first-order valence-electron chi connectivity index (χ1n) is 7.08. The molecule has 1 fully saturated rings. The number of azide groups is 1. The van der Waals surface area contributed by atoms with Gasteiger partial charge in [0.2, 0.25) is 0 Å². The Labute approximate surface area is 114 Å². The molecule has 0 aliphatic heterocycles. The quantitative estimate of drug-likeness (QED) is 0.253. The number of hydrogen-bond donors (Lipinski definition) is 1. The summed E-state index contributed by atoms with van der Waals surface area (Å²) in [5, 5.41) is 6.74. The van der Waals surface area contributed by atoms with Crippen molar-refractivity contribution in [3.8, 4) is 0 Å². The number of ether oxygens (including phenoxy) is 1. The molecule has 0 radical (unpaired) electrons. The number of carbonyl (C=O) groups is 1. The van der Waals surface area contributed by atoms with E-state index in [1.54, 1.807) is 0 Å². The lowest BCUT2D eigenvalue weighted by atomic mass is 9.75. The van der Waals surface area contributed by atoms with Crippen molar-refractivity contribution in [3.63, 3.8) is 0 Å². The van der Waals surface area contributed by atoms with E-state index in [4.69, 9.17) is 10.3 Å². The van der Waals surface area contributed by atoms with Gasteiger partial charge < -0.3 is 10.1 Å². The summed E-state index contributed by atoms with van der Waals surface area (Å²) in [7, 11) is 0. The van der Waals surface area contributed by atoms with Crippen LogP contribution in [0.15, 0.2) is 5.11 Å². The summed E-state index contributed by atoms with van der Waals surface area (Å²) in [5.74, 6) is 0.106. The van der Waals surface area contributed by atoms with Gasteiger partial charge in [-0.15, -0.1) is 0 Å². The van der Waals surface area contributed by atoms with Gasteiger partial charge >= 0.3 is 5.97 Å². The first-order chi connectivity index (χ1) is 9.15. The van der Waals surface area contributed by atoms with E-state index in [-0.39, 0.29) is 5.97 Å². The second-order valence-electron chi connectivity index (χ2n) is 5.14. The van der Waals surface area contributed by atoms with Crippen molar-refractivity contribution in [1.82, 2.24) is 5.32 Å². The summed E-state index contributed by atoms with van der Waals surface area (Å²) in [4.78, 5) is 15.0. The van der Waals surface area contributed by atoms with E-state index in [2.05, 4.69) is 15.3 Å². The molecule has 0 aromatic heterocycles. The Morgan fingerprint density at radius 1 is 1.47 bits per heavy atom. The summed E-state index contributed by atoms with van der Waals surface area (Å²) < 4.78 is 5.21. The minimum absolute atomic E-state index is 0.192. The molecule has 6 heteroatoms. The molecule has 0 amide bonds. The number of nitrogens with one attached hydrogen (secondary N) is 1. The van der Waals surface area contributed by atoms with Gasteiger partial charge in [0.05, 0.1) is 6.61 Å². The molecule has 1 saturated carbocycles. The molecule has 0 bridgehead atoms. The van der Waals surface area contributed by atoms with Crippen LogP contribution in [0.2, 0.25) is 0 Å². The molecule has 6 nitrogen and oxygen atoms in total. The van der Waals surface area contributed by atoms with Crippen LogP contribution in [0.4, 0.5) is 0 Å². The van der Waals surface area contributed by atoms with Gasteiger partial charge in [-0.3, -0.25) is 4.79 Å². The van der Waals surface area contributed by atoms with E-state index in [1.807, 2.05) is 13.8 Å². The van der Waals surface area contributed by atoms with Crippen LogP contribution in [0.1, 0.15) is 46.0 Å². The van der Waals surface area contributed by atoms with Crippen molar-refractivity contribution in [2.24, 2.45) is 11.0 Å². The fourth-order valence-electron chi connectivity index (χ4n) is 2.75. The highest BCUT2D eigenvalue weighted by Crippen LogP contribution is 2.33. The molecule has 1 atom stereocenters. The third-order valence-electron chi connectivity index (χ3n) is 3.89. The Morgan fingerprint density at radius 3 is 2.74 bits per heavy atom. The highest BCUT2D eigenvalue weighted by molar-refractivity contribution is 5.80. The second kappa shape index (κ2) is 8.02. The molecular formula is C13H24N4O2.